The lowest BCUT2D eigenvalue weighted by molar-refractivity contribution is 0.479. The summed E-state index contributed by atoms with van der Waals surface area (Å²) < 4.78 is 24.7. The summed E-state index contributed by atoms with van der Waals surface area (Å²) in [5, 5.41) is 4.48. The molecule has 108 valence electrons. The number of hydrogen-bond acceptors (Lipinski definition) is 4. The van der Waals surface area contributed by atoms with Crippen molar-refractivity contribution in [2.24, 2.45) is 0 Å². The maximum atomic E-state index is 11.4. The SMILES string of the molecule is CCC(C)n1cc(N)c(-c2ccc(S(C)(=O)=O)cc2)n1. The van der Waals surface area contributed by atoms with Crippen molar-refractivity contribution in [3.63, 3.8) is 0 Å². The van der Waals surface area contributed by atoms with Gasteiger partial charge in [0.05, 0.1) is 10.6 Å². The second kappa shape index (κ2) is 5.28. The highest BCUT2D eigenvalue weighted by Gasteiger charge is 2.13. The Balaban J connectivity index is 2.40. The van der Waals surface area contributed by atoms with E-state index in [4.69, 9.17) is 5.73 Å². The van der Waals surface area contributed by atoms with Crippen LogP contribution < -0.4 is 5.73 Å². The minimum atomic E-state index is -3.18. The minimum absolute atomic E-state index is 0.279. The molecule has 0 saturated carbocycles. The Morgan fingerprint density at radius 1 is 1.30 bits per heavy atom. The second-order valence-corrected chi connectivity index (χ2v) is 6.98. The first-order valence-electron chi connectivity index (χ1n) is 6.48. The fourth-order valence-corrected chi connectivity index (χ4v) is 2.53. The summed E-state index contributed by atoms with van der Waals surface area (Å²) in [5.41, 5.74) is 8.09. The zero-order chi connectivity index (χ0) is 14.9. The molecule has 0 radical (unpaired) electrons. The zero-order valence-electron chi connectivity index (χ0n) is 11.9. The summed E-state index contributed by atoms with van der Waals surface area (Å²) in [7, 11) is -3.18. The van der Waals surface area contributed by atoms with E-state index in [2.05, 4.69) is 18.9 Å². The number of aromatic nitrogens is 2. The van der Waals surface area contributed by atoms with E-state index in [1.54, 1.807) is 24.3 Å². The van der Waals surface area contributed by atoms with Crippen LogP contribution >= 0.6 is 0 Å². The average molecular weight is 293 g/mol. The van der Waals surface area contributed by atoms with Crippen LogP contribution in [0.3, 0.4) is 0 Å². The maximum absolute atomic E-state index is 11.4. The number of sulfone groups is 1. The van der Waals surface area contributed by atoms with Crippen LogP contribution in [0.15, 0.2) is 35.4 Å². The van der Waals surface area contributed by atoms with Crippen molar-refractivity contribution in [2.75, 3.05) is 12.0 Å². The number of nitrogen functional groups attached to an aromatic ring is 1. The summed E-state index contributed by atoms with van der Waals surface area (Å²) in [5.74, 6) is 0. The highest BCUT2D eigenvalue weighted by atomic mass is 32.2. The zero-order valence-corrected chi connectivity index (χ0v) is 12.7. The van der Waals surface area contributed by atoms with Crippen LogP contribution in [0.4, 0.5) is 5.69 Å². The summed E-state index contributed by atoms with van der Waals surface area (Å²) in [6.45, 7) is 4.16. The van der Waals surface area contributed by atoms with E-state index in [1.165, 1.54) is 6.26 Å². The molecule has 0 saturated heterocycles. The van der Waals surface area contributed by atoms with Gasteiger partial charge in [-0.15, -0.1) is 0 Å². The van der Waals surface area contributed by atoms with E-state index >= 15 is 0 Å². The van der Waals surface area contributed by atoms with Gasteiger partial charge < -0.3 is 5.73 Å². The quantitative estimate of drug-likeness (QED) is 0.939. The molecule has 2 rings (SSSR count). The molecule has 0 spiro atoms. The number of benzene rings is 1. The fraction of sp³-hybridized carbons (Fsp3) is 0.357. The van der Waals surface area contributed by atoms with Crippen LogP contribution in [-0.4, -0.2) is 24.5 Å². The third-order valence-electron chi connectivity index (χ3n) is 3.36. The van der Waals surface area contributed by atoms with E-state index in [1.807, 2.05) is 10.9 Å². The predicted molar refractivity (Wildman–Crippen MR) is 80.2 cm³/mol. The molecule has 0 amide bonds. The molecule has 1 atom stereocenters. The first kappa shape index (κ1) is 14.6. The molecule has 0 aliphatic carbocycles. The second-order valence-electron chi connectivity index (χ2n) is 4.97. The molecule has 1 aromatic carbocycles. The van der Waals surface area contributed by atoms with Gasteiger partial charge in [0, 0.05) is 24.1 Å². The molecule has 2 N–H and O–H groups in total. The van der Waals surface area contributed by atoms with E-state index in [0.717, 1.165) is 12.0 Å². The predicted octanol–water partition coefficient (Wildman–Crippen LogP) is 2.51. The smallest absolute Gasteiger partial charge is 0.175 e. The van der Waals surface area contributed by atoms with Crippen molar-refractivity contribution >= 4 is 15.5 Å². The van der Waals surface area contributed by atoms with Crippen molar-refractivity contribution in [3.05, 3.63) is 30.5 Å². The van der Waals surface area contributed by atoms with Gasteiger partial charge in [0.1, 0.15) is 5.69 Å². The van der Waals surface area contributed by atoms with Crippen molar-refractivity contribution in [1.82, 2.24) is 9.78 Å². The number of nitrogens with two attached hydrogens (primary N) is 1. The Hall–Kier alpha value is -1.82. The summed E-state index contributed by atoms with van der Waals surface area (Å²) in [4.78, 5) is 0.293. The van der Waals surface area contributed by atoms with Crippen LogP contribution in [0, 0.1) is 0 Å². The van der Waals surface area contributed by atoms with E-state index < -0.39 is 9.84 Å². The molecule has 1 aromatic heterocycles. The highest BCUT2D eigenvalue weighted by molar-refractivity contribution is 7.90. The van der Waals surface area contributed by atoms with Crippen LogP contribution in [-0.2, 0) is 9.84 Å². The van der Waals surface area contributed by atoms with Gasteiger partial charge in [0.15, 0.2) is 9.84 Å². The van der Waals surface area contributed by atoms with Crippen LogP contribution in [0.2, 0.25) is 0 Å². The topological polar surface area (TPSA) is 78.0 Å². The van der Waals surface area contributed by atoms with Gasteiger partial charge >= 0.3 is 0 Å². The molecular weight excluding hydrogens is 274 g/mol. The lowest BCUT2D eigenvalue weighted by atomic mass is 10.1. The number of rotatable bonds is 4. The maximum Gasteiger partial charge on any atom is 0.175 e. The Kier molecular flexibility index (Phi) is 3.85. The monoisotopic (exact) mass is 293 g/mol. The minimum Gasteiger partial charge on any atom is -0.396 e. The molecule has 0 aliphatic heterocycles. The van der Waals surface area contributed by atoms with Gasteiger partial charge in [-0.1, -0.05) is 19.1 Å². The van der Waals surface area contributed by atoms with Crippen LogP contribution in [0.5, 0.6) is 0 Å². The van der Waals surface area contributed by atoms with Gasteiger partial charge in [-0.25, -0.2) is 8.42 Å². The Morgan fingerprint density at radius 2 is 1.90 bits per heavy atom. The molecule has 2 aromatic rings. The fourth-order valence-electron chi connectivity index (χ4n) is 1.90. The molecule has 6 heteroatoms. The molecule has 20 heavy (non-hydrogen) atoms. The molecule has 0 bridgehead atoms. The standard InChI is InChI=1S/C14H19N3O2S/c1-4-10(2)17-9-13(15)14(16-17)11-5-7-12(8-6-11)20(3,18)19/h5-10H,4,15H2,1-3H3. The third kappa shape index (κ3) is 2.85. The van der Waals surface area contributed by atoms with Crippen molar-refractivity contribution in [3.8, 4) is 11.3 Å². The van der Waals surface area contributed by atoms with E-state index in [9.17, 15) is 8.42 Å². The van der Waals surface area contributed by atoms with Crippen molar-refractivity contribution in [2.45, 2.75) is 31.2 Å². The first-order valence-corrected chi connectivity index (χ1v) is 8.37. The summed E-state index contributed by atoms with van der Waals surface area (Å²) in [6.07, 6.45) is 3.97. The normalized spacial score (nSPS) is 13.3. The van der Waals surface area contributed by atoms with Gasteiger partial charge in [-0.05, 0) is 25.5 Å². The number of anilines is 1. The van der Waals surface area contributed by atoms with Crippen LogP contribution in [0.1, 0.15) is 26.3 Å². The number of hydrogen-bond donors (Lipinski definition) is 1. The Bertz CT molecular complexity index is 703. The lowest BCUT2D eigenvalue weighted by Gasteiger charge is -2.07. The lowest BCUT2D eigenvalue weighted by Crippen LogP contribution is -2.04. The van der Waals surface area contributed by atoms with Gasteiger partial charge in [0.2, 0.25) is 0 Å². The highest BCUT2D eigenvalue weighted by Crippen LogP contribution is 2.26. The molecule has 5 nitrogen and oxygen atoms in total. The molecular formula is C14H19N3O2S. The van der Waals surface area contributed by atoms with Crippen LogP contribution in [0.25, 0.3) is 11.3 Å². The molecule has 1 unspecified atom stereocenters. The Labute approximate surface area is 119 Å². The Morgan fingerprint density at radius 3 is 2.40 bits per heavy atom. The third-order valence-corrected chi connectivity index (χ3v) is 4.49. The molecule has 0 aliphatic rings. The first-order chi connectivity index (χ1) is 9.32. The van der Waals surface area contributed by atoms with Crippen molar-refractivity contribution < 1.29 is 8.42 Å². The van der Waals surface area contributed by atoms with Crippen molar-refractivity contribution in [1.29, 1.82) is 0 Å². The molecule has 1 heterocycles. The van der Waals surface area contributed by atoms with Gasteiger partial charge in [-0.2, -0.15) is 5.10 Å². The van der Waals surface area contributed by atoms with E-state index in [0.29, 0.717) is 16.3 Å². The average Bonchev–Trinajstić information content (AvgIpc) is 2.79. The van der Waals surface area contributed by atoms with Gasteiger partial charge in [0.25, 0.3) is 0 Å². The number of nitrogens with zero attached hydrogens (tertiary/aromatic N) is 2. The summed E-state index contributed by atoms with van der Waals surface area (Å²) in [6, 6.07) is 6.89. The van der Waals surface area contributed by atoms with E-state index in [-0.39, 0.29) is 6.04 Å². The van der Waals surface area contributed by atoms with Gasteiger partial charge in [-0.3, -0.25) is 4.68 Å². The largest absolute Gasteiger partial charge is 0.396 e. The summed E-state index contributed by atoms with van der Waals surface area (Å²) >= 11 is 0. The molecule has 0 fully saturated rings.